The van der Waals surface area contributed by atoms with Crippen molar-refractivity contribution in [3.05, 3.63) is 16.1 Å². The molecular formula is C16H25N5OS2. The van der Waals surface area contributed by atoms with Crippen LogP contribution in [0.25, 0.3) is 0 Å². The number of hydrogen-bond donors (Lipinski definition) is 0. The quantitative estimate of drug-likeness (QED) is 0.701. The van der Waals surface area contributed by atoms with Gasteiger partial charge in [0.2, 0.25) is 5.95 Å². The summed E-state index contributed by atoms with van der Waals surface area (Å²) in [4.78, 5) is 6.92. The van der Waals surface area contributed by atoms with Crippen LogP contribution in [-0.2, 0) is 23.5 Å². The molecule has 1 aliphatic rings. The van der Waals surface area contributed by atoms with Gasteiger partial charge in [-0.3, -0.25) is 4.57 Å². The summed E-state index contributed by atoms with van der Waals surface area (Å²) in [5.74, 6) is 2.36. The highest BCUT2D eigenvalue weighted by molar-refractivity contribution is 7.98. The summed E-state index contributed by atoms with van der Waals surface area (Å²) in [7, 11) is 0. The number of hydrogen-bond acceptors (Lipinski definition) is 7. The van der Waals surface area contributed by atoms with Crippen molar-refractivity contribution >= 4 is 29.0 Å². The summed E-state index contributed by atoms with van der Waals surface area (Å²) < 4.78 is 7.71. The summed E-state index contributed by atoms with van der Waals surface area (Å²) >= 11 is 3.46. The Morgan fingerprint density at radius 2 is 2.08 bits per heavy atom. The molecule has 24 heavy (non-hydrogen) atoms. The van der Waals surface area contributed by atoms with Crippen molar-refractivity contribution in [2.75, 3.05) is 31.2 Å². The van der Waals surface area contributed by atoms with Gasteiger partial charge >= 0.3 is 0 Å². The molecule has 6 nitrogen and oxygen atoms in total. The molecule has 3 rings (SSSR count). The fourth-order valence-electron chi connectivity index (χ4n) is 2.63. The van der Waals surface area contributed by atoms with E-state index in [9.17, 15) is 0 Å². The van der Waals surface area contributed by atoms with Gasteiger partial charge in [-0.1, -0.05) is 32.5 Å². The van der Waals surface area contributed by atoms with Gasteiger partial charge in [0, 0.05) is 30.8 Å². The number of aryl methyl sites for hydroxylation is 1. The zero-order valence-corrected chi connectivity index (χ0v) is 16.2. The van der Waals surface area contributed by atoms with Crippen LogP contribution in [0.15, 0.2) is 10.5 Å². The average Bonchev–Trinajstić information content (AvgIpc) is 3.20. The molecule has 3 heterocycles. The van der Waals surface area contributed by atoms with E-state index in [1.165, 1.54) is 5.01 Å². The lowest BCUT2D eigenvalue weighted by Crippen LogP contribution is -2.38. The van der Waals surface area contributed by atoms with Crippen LogP contribution >= 0.6 is 23.1 Å². The molecule has 1 fully saturated rings. The van der Waals surface area contributed by atoms with Crippen LogP contribution in [0.5, 0.6) is 0 Å². The Balaban J connectivity index is 1.74. The normalized spacial score (nSPS) is 15.4. The Morgan fingerprint density at radius 1 is 1.29 bits per heavy atom. The van der Waals surface area contributed by atoms with Crippen molar-refractivity contribution in [2.45, 2.75) is 44.6 Å². The lowest BCUT2D eigenvalue weighted by molar-refractivity contribution is 0.121. The first-order valence-electron chi connectivity index (χ1n) is 8.49. The smallest absolute Gasteiger partial charge is 0.228 e. The van der Waals surface area contributed by atoms with E-state index in [2.05, 4.69) is 50.8 Å². The summed E-state index contributed by atoms with van der Waals surface area (Å²) in [6.45, 7) is 10.8. The summed E-state index contributed by atoms with van der Waals surface area (Å²) in [5.41, 5.74) is 1.13. The predicted molar refractivity (Wildman–Crippen MR) is 98.9 cm³/mol. The van der Waals surface area contributed by atoms with Crippen molar-refractivity contribution in [3.8, 4) is 0 Å². The predicted octanol–water partition coefficient (Wildman–Crippen LogP) is 3.08. The van der Waals surface area contributed by atoms with Crippen LogP contribution in [0.2, 0.25) is 0 Å². The minimum atomic E-state index is 0.547. The van der Waals surface area contributed by atoms with Gasteiger partial charge in [-0.25, -0.2) is 4.98 Å². The molecule has 0 unspecified atom stereocenters. The van der Waals surface area contributed by atoms with Crippen molar-refractivity contribution < 1.29 is 4.74 Å². The third-order valence-electron chi connectivity index (χ3n) is 3.79. The molecule has 1 aliphatic heterocycles. The van der Waals surface area contributed by atoms with Crippen LogP contribution < -0.4 is 4.90 Å². The van der Waals surface area contributed by atoms with Crippen LogP contribution in [0, 0.1) is 5.92 Å². The standard InChI is InChI=1S/C16H25N5OS2/c1-4-14-17-13(10-23-14)11-24-16-19-18-15(21(16)9-12(2)3)20-5-7-22-8-6-20/h10,12H,4-9,11H2,1-3H3. The lowest BCUT2D eigenvalue weighted by atomic mass is 10.2. The van der Waals surface area contributed by atoms with Crippen molar-refractivity contribution in [1.82, 2.24) is 19.7 Å². The van der Waals surface area contributed by atoms with E-state index in [1.54, 1.807) is 23.1 Å². The number of aromatic nitrogens is 4. The van der Waals surface area contributed by atoms with E-state index >= 15 is 0 Å². The first kappa shape index (κ1) is 17.7. The van der Waals surface area contributed by atoms with Crippen LogP contribution in [0.1, 0.15) is 31.5 Å². The van der Waals surface area contributed by atoms with Crippen LogP contribution in [0.4, 0.5) is 5.95 Å². The average molecular weight is 368 g/mol. The van der Waals surface area contributed by atoms with E-state index in [0.29, 0.717) is 5.92 Å². The van der Waals surface area contributed by atoms with E-state index in [4.69, 9.17) is 4.74 Å². The van der Waals surface area contributed by atoms with E-state index in [1.807, 2.05) is 0 Å². The number of rotatable bonds is 7. The molecular weight excluding hydrogens is 342 g/mol. The monoisotopic (exact) mass is 367 g/mol. The SMILES string of the molecule is CCc1nc(CSc2nnc(N3CCOCC3)n2CC(C)C)cs1. The van der Waals surface area contributed by atoms with Crippen LogP contribution in [0.3, 0.4) is 0 Å². The number of nitrogens with zero attached hydrogens (tertiary/aromatic N) is 5. The molecule has 0 N–H and O–H groups in total. The zero-order valence-electron chi connectivity index (χ0n) is 14.6. The van der Waals surface area contributed by atoms with Gasteiger partial charge < -0.3 is 9.64 Å². The molecule has 0 amide bonds. The summed E-state index contributed by atoms with van der Waals surface area (Å²) in [5, 5.41) is 13.3. The second-order valence-electron chi connectivity index (χ2n) is 6.26. The largest absolute Gasteiger partial charge is 0.378 e. The van der Waals surface area contributed by atoms with Gasteiger partial charge in [0.25, 0.3) is 0 Å². The van der Waals surface area contributed by atoms with Crippen molar-refractivity contribution in [3.63, 3.8) is 0 Å². The first-order valence-corrected chi connectivity index (χ1v) is 10.4. The summed E-state index contributed by atoms with van der Waals surface area (Å²) in [6, 6.07) is 0. The molecule has 0 spiro atoms. The van der Waals surface area contributed by atoms with E-state index in [-0.39, 0.29) is 0 Å². The van der Waals surface area contributed by atoms with E-state index in [0.717, 1.165) is 61.8 Å². The van der Waals surface area contributed by atoms with Gasteiger partial charge in [-0.15, -0.1) is 21.5 Å². The second-order valence-corrected chi connectivity index (χ2v) is 8.15. The molecule has 2 aromatic heterocycles. The molecule has 2 aromatic rings. The number of morpholine rings is 1. The minimum absolute atomic E-state index is 0.547. The van der Waals surface area contributed by atoms with Crippen molar-refractivity contribution in [2.24, 2.45) is 5.92 Å². The third-order valence-corrected chi connectivity index (χ3v) is 5.83. The third kappa shape index (κ3) is 4.29. The maximum Gasteiger partial charge on any atom is 0.228 e. The number of thiazole rings is 1. The minimum Gasteiger partial charge on any atom is -0.378 e. The second kappa shape index (κ2) is 8.31. The molecule has 0 bridgehead atoms. The molecule has 8 heteroatoms. The van der Waals surface area contributed by atoms with E-state index < -0.39 is 0 Å². The lowest BCUT2D eigenvalue weighted by Gasteiger charge is -2.28. The molecule has 132 valence electrons. The topological polar surface area (TPSA) is 56.1 Å². The van der Waals surface area contributed by atoms with Gasteiger partial charge in [0.15, 0.2) is 5.16 Å². The molecule has 0 radical (unpaired) electrons. The highest BCUT2D eigenvalue weighted by Gasteiger charge is 2.21. The zero-order chi connectivity index (χ0) is 16.9. The fourth-order valence-corrected chi connectivity index (χ4v) is 4.31. The molecule has 0 saturated carbocycles. The maximum absolute atomic E-state index is 5.46. The van der Waals surface area contributed by atoms with Gasteiger partial charge in [-0.05, 0) is 12.3 Å². The van der Waals surface area contributed by atoms with Gasteiger partial charge in [0.05, 0.1) is 23.9 Å². The first-order chi connectivity index (χ1) is 11.7. The summed E-state index contributed by atoms with van der Waals surface area (Å²) in [6.07, 6.45) is 1.00. The van der Waals surface area contributed by atoms with Crippen molar-refractivity contribution in [1.29, 1.82) is 0 Å². The molecule has 1 saturated heterocycles. The van der Waals surface area contributed by atoms with Gasteiger partial charge in [-0.2, -0.15) is 0 Å². The highest BCUT2D eigenvalue weighted by atomic mass is 32.2. The number of anilines is 1. The van der Waals surface area contributed by atoms with Crippen LogP contribution in [-0.4, -0.2) is 46.1 Å². The Bertz CT molecular complexity index is 649. The molecule has 0 atom stereocenters. The number of thioether (sulfide) groups is 1. The van der Waals surface area contributed by atoms with Gasteiger partial charge in [0.1, 0.15) is 0 Å². The Hall–Kier alpha value is -1.12. The molecule has 0 aliphatic carbocycles. The number of ether oxygens (including phenoxy) is 1. The maximum atomic E-state index is 5.46. The highest BCUT2D eigenvalue weighted by Crippen LogP contribution is 2.27. The Morgan fingerprint density at radius 3 is 2.75 bits per heavy atom. The Kier molecular flexibility index (Phi) is 6.13. The Labute approximate surface area is 151 Å². The molecule has 0 aromatic carbocycles. The fraction of sp³-hybridized carbons (Fsp3) is 0.688.